The summed E-state index contributed by atoms with van der Waals surface area (Å²) in [5, 5.41) is 9.84. The minimum atomic E-state index is -0.524. The van der Waals surface area contributed by atoms with Crippen molar-refractivity contribution in [3.63, 3.8) is 0 Å². The number of carbonyl (C=O) groups is 2. The van der Waals surface area contributed by atoms with E-state index in [2.05, 4.69) is 20.9 Å². The van der Waals surface area contributed by atoms with Gasteiger partial charge in [-0.05, 0) is 86.6 Å². The van der Waals surface area contributed by atoms with Gasteiger partial charge in [0, 0.05) is 18.9 Å². The normalized spacial score (nSPS) is 15.3. The topological polar surface area (TPSA) is 92.4 Å². The van der Waals surface area contributed by atoms with Gasteiger partial charge in [0.15, 0.2) is 0 Å². The van der Waals surface area contributed by atoms with Crippen LogP contribution in [0.3, 0.4) is 0 Å². The SMILES string of the molecule is COC(=O)c1cccc(C(NCCC2CCNCC2)C(=O)NCCc2ccncc2)c1. The van der Waals surface area contributed by atoms with Crippen molar-refractivity contribution in [3.8, 4) is 0 Å². The molecule has 0 radical (unpaired) electrons. The van der Waals surface area contributed by atoms with Crippen molar-refractivity contribution in [3.05, 3.63) is 65.5 Å². The van der Waals surface area contributed by atoms with Crippen LogP contribution in [-0.4, -0.2) is 50.1 Å². The lowest BCUT2D eigenvalue weighted by Crippen LogP contribution is -2.39. The van der Waals surface area contributed by atoms with Crippen molar-refractivity contribution < 1.29 is 14.3 Å². The molecule has 1 aliphatic rings. The maximum atomic E-state index is 13.1. The largest absolute Gasteiger partial charge is 0.465 e. The summed E-state index contributed by atoms with van der Waals surface area (Å²) in [4.78, 5) is 29.0. The van der Waals surface area contributed by atoms with Gasteiger partial charge in [0.2, 0.25) is 5.91 Å². The smallest absolute Gasteiger partial charge is 0.337 e. The molecule has 0 saturated carbocycles. The van der Waals surface area contributed by atoms with Crippen molar-refractivity contribution in [1.29, 1.82) is 0 Å². The zero-order chi connectivity index (χ0) is 21.9. The number of methoxy groups -OCH3 is 1. The minimum absolute atomic E-state index is 0.0959. The molecule has 1 saturated heterocycles. The van der Waals surface area contributed by atoms with E-state index in [1.54, 1.807) is 30.6 Å². The summed E-state index contributed by atoms with van der Waals surface area (Å²) < 4.78 is 4.83. The van der Waals surface area contributed by atoms with Gasteiger partial charge in [-0.25, -0.2) is 4.79 Å². The van der Waals surface area contributed by atoms with Crippen molar-refractivity contribution in [1.82, 2.24) is 20.9 Å². The quantitative estimate of drug-likeness (QED) is 0.507. The third-order valence-corrected chi connectivity index (χ3v) is 5.73. The summed E-state index contributed by atoms with van der Waals surface area (Å²) in [7, 11) is 1.36. The molecule has 7 heteroatoms. The number of nitrogens with zero attached hydrogens (tertiary/aromatic N) is 1. The third kappa shape index (κ3) is 7.15. The zero-order valence-corrected chi connectivity index (χ0v) is 18.1. The maximum absolute atomic E-state index is 13.1. The van der Waals surface area contributed by atoms with Crippen molar-refractivity contribution in [2.24, 2.45) is 5.92 Å². The van der Waals surface area contributed by atoms with Gasteiger partial charge in [-0.3, -0.25) is 9.78 Å². The highest BCUT2D eigenvalue weighted by Crippen LogP contribution is 2.19. The van der Waals surface area contributed by atoms with E-state index in [1.165, 1.54) is 20.0 Å². The molecule has 1 unspecified atom stereocenters. The number of aromatic nitrogens is 1. The first-order valence-electron chi connectivity index (χ1n) is 11.0. The van der Waals surface area contributed by atoms with E-state index in [4.69, 9.17) is 4.74 Å². The Morgan fingerprint density at radius 3 is 2.68 bits per heavy atom. The first-order valence-corrected chi connectivity index (χ1v) is 11.0. The van der Waals surface area contributed by atoms with Crippen LogP contribution >= 0.6 is 0 Å². The van der Waals surface area contributed by atoms with Crippen LogP contribution in [0.4, 0.5) is 0 Å². The van der Waals surface area contributed by atoms with Gasteiger partial charge in [-0.15, -0.1) is 0 Å². The number of ether oxygens (including phenoxy) is 1. The van der Waals surface area contributed by atoms with Crippen LogP contribution in [0.2, 0.25) is 0 Å². The van der Waals surface area contributed by atoms with Crippen molar-refractivity contribution >= 4 is 11.9 Å². The molecule has 1 aromatic carbocycles. The minimum Gasteiger partial charge on any atom is -0.465 e. The number of esters is 1. The Kier molecular flexibility index (Phi) is 8.99. The van der Waals surface area contributed by atoms with E-state index < -0.39 is 12.0 Å². The van der Waals surface area contributed by atoms with Crippen LogP contribution in [-0.2, 0) is 16.0 Å². The average Bonchev–Trinajstić information content (AvgIpc) is 2.82. The highest BCUT2D eigenvalue weighted by Gasteiger charge is 2.22. The molecule has 0 spiro atoms. The molecule has 31 heavy (non-hydrogen) atoms. The van der Waals surface area contributed by atoms with Gasteiger partial charge < -0.3 is 20.7 Å². The monoisotopic (exact) mass is 424 g/mol. The van der Waals surface area contributed by atoms with E-state index in [-0.39, 0.29) is 5.91 Å². The fourth-order valence-electron chi connectivity index (χ4n) is 3.91. The second-order valence-electron chi connectivity index (χ2n) is 7.88. The van der Waals surface area contributed by atoms with E-state index in [0.29, 0.717) is 18.0 Å². The highest BCUT2D eigenvalue weighted by atomic mass is 16.5. The number of piperidine rings is 1. The number of carbonyl (C=O) groups excluding carboxylic acids is 2. The molecule has 1 amide bonds. The van der Waals surface area contributed by atoms with Crippen LogP contribution in [0.5, 0.6) is 0 Å². The molecule has 0 bridgehead atoms. The molecule has 1 aliphatic heterocycles. The standard InChI is InChI=1S/C24H32N4O3/c1-31-24(30)21-4-2-3-20(17-21)22(27-15-9-18-5-11-25-12-6-18)23(29)28-16-10-19-7-13-26-14-8-19/h2-4,7-8,13-14,17-18,22,25,27H,5-6,9-12,15-16H2,1H3,(H,28,29). The lowest BCUT2D eigenvalue weighted by molar-refractivity contribution is -0.123. The molecule has 1 aromatic heterocycles. The summed E-state index contributed by atoms with van der Waals surface area (Å²) in [5.74, 6) is 0.167. The summed E-state index contributed by atoms with van der Waals surface area (Å²) in [6.07, 6.45) is 7.60. The lowest BCUT2D eigenvalue weighted by atomic mass is 9.94. The Bertz CT molecular complexity index is 838. The molecule has 1 atom stereocenters. The number of hydrogen-bond acceptors (Lipinski definition) is 6. The summed E-state index contributed by atoms with van der Waals surface area (Å²) >= 11 is 0. The lowest BCUT2D eigenvalue weighted by Gasteiger charge is -2.24. The molecule has 0 aliphatic carbocycles. The molecule has 1 fully saturated rings. The van der Waals surface area contributed by atoms with Gasteiger partial charge >= 0.3 is 5.97 Å². The third-order valence-electron chi connectivity index (χ3n) is 5.73. The predicted octanol–water partition coefficient (Wildman–Crippen LogP) is 2.25. The van der Waals surface area contributed by atoms with Crippen LogP contribution in [0.1, 0.15) is 46.8 Å². The van der Waals surface area contributed by atoms with Gasteiger partial charge in [0.25, 0.3) is 0 Å². The number of rotatable bonds is 10. The van der Waals surface area contributed by atoms with Crippen molar-refractivity contribution in [2.75, 3.05) is 33.3 Å². The van der Waals surface area contributed by atoms with Gasteiger partial charge in [-0.1, -0.05) is 12.1 Å². The van der Waals surface area contributed by atoms with Gasteiger partial charge in [0.1, 0.15) is 6.04 Å². The second kappa shape index (κ2) is 12.2. The molecular weight excluding hydrogens is 392 g/mol. The van der Waals surface area contributed by atoms with Crippen LogP contribution < -0.4 is 16.0 Å². The van der Waals surface area contributed by atoms with Crippen LogP contribution in [0.25, 0.3) is 0 Å². The molecule has 2 heterocycles. The highest BCUT2D eigenvalue weighted by molar-refractivity contribution is 5.90. The van der Waals surface area contributed by atoms with Gasteiger partial charge in [-0.2, -0.15) is 0 Å². The van der Waals surface area contributed by atoms with E-state index in [9.17, 15) is 9.59 Å². The predicted molar refractivity (Wildman–Crippen MR) is 120 cm³/mol. The number of hydrogen-bond donors (Lipinski definition) is 3. The summed E-state index contributed by atoms with van der Waals surface area (Å²) in [6.45, 7) is 3.40. The summed E-state index contributed by atoms with van der Waals surface area (Å²) in [6, 6.07) is 10.5. The Morgan fingerprint density at radius 2 is 1.94 bits per heavy atom. The van der Waals surface area contributed by atoms with E-state index in [1.807, 2.05) is 18.2 Å². The zero-order valence-electron chi connectivity index (χ0n) is 18.1. The molecule has 3 N–H and O–H groups in total. The first kappa shape index (κ1) is 22.9. The Morgan fingerprint density at radius 1 is 1.16 bits per heavy atom. The molecule has 166 valence electrons. The molecule has 7 nitrogen and oxygen atoms in total. The number of amides is 1. The fourth-order valence-corrected chi connectivity index (χ4v) is 3.91. The number of nitrogens with one attached hydrogen (secondary N) is 3. The Labute approximate surface area is 184 Å². The molecular formula is C24H32N4O3. The number of pyridine rings is 1. The van der Waals surface area contributed by atoms with Crippen LogP contribution in [0, 0.1) is 5.92 Å². The van der Waals surface area contributed by atoms with Crippen molar-refractivity contribution in [2.45, 2.75) is 31.7 Å². The maximum Gasteiger partial charge on any atom is 0.337 e. The molecule has 2 aromatic rings. The van der Waals surface area contributed by atoms with Gasteiger partial charge in [0.05, 0.1) is 12.7 Å². The second-order valence-corrected chi connectivity index (χ2v) is 7.88. The Hall–Kier alpha value is -2.77. The van der Waals surface area contributed by atoms with Crippen LogP contribution in [0.15, 0.2) is 48.8 Å². The number of benzene rings is 1. The summed E-state index contributed by atoms with van der Waals surface area (Å²) in [5.41, 5.74) is 2.32. The fraction of sp³-hybridized carbons (Fsp3) is 0.458. The molecule has 3 rings (SSSR count). The van der Waals surface area contributed by atoms with E-state index >= 15 is 0 Å². The van der Waals surface area contributed by atoms with E-state index in [0.717, 1.165) is 43.6 Å². The average molecular weight is 425 g/mol. The first-order chi connectivity index (χ1) is 15.2. The Balaban J connectivity index is 1.64.